The van der Waals surface area contributed by atoms with Crippen LogP contribution in [-0.4, -0.2) is 37.2 Å². The second-order valence-corrected chi connectivity index (χ2v) is 18.1. The molecule has 0 aromatic carbocycles. The molecule has 0 radical (unpaired) electrons. The van der Waals surface area contributed by atoms with Crippen LogP contribution in [0.25, 0.3) is 0 Å². The van der Waals surface area contributed by atoms with Crippen molar-refractivity contribution >= 4 is 17.9 Å². The molecule has 0 N–H and O–H groups in total. The standard InChI is InChI=1S/C57H102O6/c1-4-7-10-13-16-19-22-25-28-29-30-33-35-38-41-44-47-50-56(59)62-53-54(63-57(60)51-48-45-42-39-36-32-27-24-21-18-15-12-9-6-3)52-61-55(58)49-46-43-40-37-34-31-26-23-20-17-14-11-8-5-2/h7,10,16,19,24-25,27-28,54H,4-6,8-9,11-15,17-18,20-23,26,29-53H2,1-3H3/b10-7-,19-16-,27-24-,28-25-. The summed E-state index contributed by atoms with van der Waals surface area (Å²) in [6, 6.07) is 0. The highest BCUT2D eigenvalue weighted by Gasteiger charge is 2.19. The summed E-state index contributed by atoms with van der Waals surface area (Å²) in [5.41, 5.74) is 0. The summed E-state index contributed by atoms with van der Waals surface area (Å²) < 4.78 is 16.8. The van der Waals surface area contributed by atoms with E-state index in [2.05, 4.69) is 69.4 Å². The van der Waals surface area contributed by atoms with Crippen LogP contribution in [0.3, 0.4) is 0 Å². The molecule has 0 fully saturated rings. The van der Waals surface area contributed by atoms with E-state index in [1.807, 2.05) is 0 Å². The molecule has 366 valence electrons. The van der Waals surface area contributed by atoms with Crippen LogP contribution in [0.4, 0.5) is 0 Å². The Balaban J connectivity index is 4.37. The number of ether oxygens (including phenoxy) is 3. The molecule has 6 nitrogen and oxygen atoms in total. The number of rotatable bonds is 49. The fraction of sp³-hybridized carbons (Fsp3) is 0.807. The lowest BCUT2D eigenvalue weighted by molar-refractivity contribution is -0.167. The smallest absolute Gasteiger partial charge is 0.306 e. The largest absolute Gasteiger partial charge is 0.462 e. The molecule has 0 heterocycles. The molecule has 6 heteroatoms. The van der Waals surface area contributed by atoms with Crippen molar-refractivity contribution in [3.05, 3.63) is 48.6 Å². The zero-order valence-electron chi connectivity index (χ0n) is 41.8. The Morgan fingerprint density at radius 1 is 0.333 bits per heavy atom. The first-order valence-electron chi connectivity index (χ1n) is 27.1. The summed E-state index contributed by atoms with van der Waals surface area (Å²) in [5.74, 6) is -0.885. The van der Waals surface area contributed by atoms with Crippen molar-refractivity contribution in [2.24, 2.45) is 0 Å². The summed E-state index contributed by atoms with van der Waals surface area (Å²) >= 11 is 0. The van der Waals surface area contributed by atoms with Gasteiger partial charge in [-0.3, -0.25) is 14.4 Å². The molecular weight excluding hydrogens is 781 g/mol. The van der Waals surface area contributed by atoms with Gasteiger partial charge in [0.15, 0.2) is 6.10 Å². The van der Waals surface area contributed by atoms with Crippen LogP contribution in [0.5, 0.6) is 0 Å². The van der Waals surface area contributed by atoms with Gasteiger partial charge < -0.3 is 14.2 Å². The number of esters is 3. The van der Waals surface area contributed by atoms with E-state index in [0.29, 0.717) is 19.3 Å². The lowest BCUT2D eigenvalue weighted by atomic mass is 10.0. The first-order valence-corrected chi connectivity index (χ1v) is 27.1. The zero-order chi connectivity index (χ0) is 45.8. The van der Waals surface area contributed by atoms with Crippen molar-refractivity contribution in [2.45, 2.75) is 284 Å². The van der Waals surface area contributed by atoms with Crippen LogP contribution in [-0.2, 0) is 28.6 Å². The molecule has 0 bridgehead atoms. The van der Waals surface area contributed by atoms with Crippen LogP contribution < -0.4 is 0 Å². The summed E-state index contributed by atoms with van der Waals surface area (Å²) in [4.78, 5) is 38.0. The molecule has 0 amide bonds. The number of hydrogen-bond donors (Lipinski definition) is 0. The molecule has 0 spiro atoms. The number of carbonyl (C=O) groups is 3. The second-order valence-electron chi connectivity index (χ2n) is 18.1. The molecular formula is C57H102O6. The molecule has 0 rings (SSSR count). The minimum atomic E-state index is -0.778. The highest BCUT2D eigenvalue weighted by molar-refractivity contribution is 5.71. The predicted octanol–water partition coefficient (Wildman–Crippen LogP) is 17.9. The first kappa shape index (κ1) is 60.4. The predicted molar refractivity (Wildman–Crippen MR) is 270 cm³/mol. The minimum absolute atomic E-state index is 0.0769. The lowest BCUT2D eigenvalue weighted by Gasteiger charge is -2.18. The van der Waals surface area contributed by atoms with Crippen molar-refractivity contribution in [1.29, 1.82) is 0 Å². The van der Waals surface area contributed by atoms with E-state index in [1.165, 1.54) is 141 Å². The lowest BCUT2D eigenvalue weighted by Crippen LogP contribution is -2.30. The third-order valence-electron chi connectivity index (χ3n) is 11.8. The maximum Gasteiger partial charge on any atom is 0.306 e. The monoisotopic (exact) mass is 883 g/mol. The van der Waals surface area contributed by atoms with Gasteiger partial charge in [0, 0.05) is 19.3 Å². The average Bonchev–Trinajstić information content (AvgIpc) is 3.28. The van der Waals surface area contributed by atoms with Crippen LogP contribution in [0, 0.1) is 0 Å². The fourth-order valence-corrected chi connectivity index (χ4v) is 7.75. The first-order chi connectivity index (χ1) is 31.0. The summed E-state index contributed by atoms with van der Waals surface area (Å²) in [6.07, 6.45) is 62.3. The number of carbonyl (C=O) groups excluding carboxylic acids is 3. The van der Waals surface area contributed by atoms with Crippen molar-refractivity contribution < 1.29 is 28.6 Å². The van der Waals surface area contributed by atoms with E-state index in [9.17, 15) is 14.4 Å². The van der Waals surface area contributed by atoms with Gasteiger partial charge >= 0.3 is 17.9 Å². The van der Waals surface area contributed by atoms with Crippen LogP contribution in [0.1, 0.15) is 278 Å². The van der Waals surface area contributed by atoms with E-state index in [1.54, 1.807) is 0 Å². The van der Waals surface area contributed by atoms with Gasteiger partial charge in [-0.1, -0.05) is 230 Å². The van der Waals surface area contributed by atoms with Crippen molar-refractivity contribution in [1.82, 2.24) is 0 Å². The molecule has 1 unspecified atom stereocenters. The van der Waals surface area contributed by atoms with E-state index in [4.69, 9.17) is 14.2 Å². The molecule has 0 saturated heterocycles. The summed E-state index contributed by atoms with van der Waals surface area (Å²) in [7, 11) is 0. The van der Waals surface area contributed by atoms with Crippen LogP contribution >= 0.6 is 0 Å². The highest BCUT2D eigenvalue weighted by Crippen LogP contribution is 2.16. The molecule has 0 aliphatic carbocycles. The number of unbranched alkanes of at least 4 members (excludes halogenated alkanes) is 30. The van der Waals surface area contributed by atoms with Crippen molar-refractivity contribution in [2.75, 3.05) is 13.2 Å². The van der Waals surface area contributed by atoms with Gasteiger partial charge in [0.2, 0.25) is 0 Å². The SMILES string of the molecule is CC/C=C\C/C=C\C/C=C\CCCCCCCCCC(=O)OCC(COC(=O)CCCCCCCCCCCCCCCC)OC(=O)CCCCCCC/C=C\CCCCCCC. The van der Waals surface area contributed by atoms with E-state index < -0.39 is 6.10 Å². The van der Waals surface area contributed by atoms with Crippen LogP contribution in [0.2, 0.25) is 0 Å². The van der Waals surface area contributed by atoms with Gasteiger partial charge in [-0.25, -0.2) is 0 Å². The Labute approximate surface area is 390 Å². The third-order valence-corrected chi connectivity index (χ3v) is 11.8. The van der Waals surface area contributed by atoms with Crippen LogP contribution in [0.15, 0.2) is 48.6 Å². The van der Waals surface area contributed by atoms with Gasteiger partial charge in [-0.15, -0.1) is 0 Å². The van der Waals surface area contributed by atoms with Gasteiger partial charge in [0.05, 0.1) is 0 Å². The third kappa shape index (κ3) is 50.2. The number of allylic oxidation sites excluding steroid dienone is 8. The summed E-state index contributed by atoms with van der Waals surface area (Å²) in [5, 5.41) is 0. The van der Waals surface area contributed by atoms with E-state index >= 15 is 0 Å². The molecule has 1 atom stereocenters. The minimum Gasteiger partial charge on any atom is -0.462 e. The van der Waals surface area contributed by atoms with Gasteiger partial charge in [0.1, 0.15) is 13.2 Å². The molecule has 0 aliphatic rings. The normalized spacial score (nSPS) is 12.4. The second kappa shape index (κ2) is 52.0. The molecule has 0 aliphatic heterocycles. The quantitative estimate of drug-likeness (QED) is 0.0262. The Morgan fingerprint density at radius 3 is 0.984 bits per heavy atom. The Kier molecular flexibility index (Phi) is 49.8. The molecule has 0 aromatic heterocycles. The maximum absolute atomic E-state index is 12.8. The molecule has 0 saturated carbocycles. The Morgan fingerprint density at radius 2 is 0.619 bits per heavy atom. The van der Waals surface area contributed by atoms with Crippen molar-refractivity contribution in [3.8, 4) is 0 Å². The number of hydrogen-bond acceptors (Lipinski definition) is 6. The zero-order valence-corrected chi connectivity index (χ0v) is 41.8. The Bertz CT molecular complexity index is 1110. The highest BCUT2D eigenvalue weighted by atomic mass is 16.6. The van der Waals surface area contributed by atoms with Crippen molar-refractivity contribution in [3.63, 3.8) is 0 Å². The maximum atomic E-state index is 12.8. The summed E-state index contributed by atoms with van der Waals surface area (Å²) in [6.45, 7) is 6.53. The average molecular weight is 883 g/mol. The van der Waals surface area contributed by atoms with E-state index in [-0.39, 0.29) is 31.1 Å². The fourth-order valence-electron chi connectivity index (χ4n) is 7.75. The topological polar surface area (TPSA) is 78.9 Å². The van der Waals surface area contributed by atoms with Gasteiger partial charge in [-0.05, 0) is 77.0 Å². The van der Waals surface area contributed by atoms with E-state index in [0.717, 1.165) is 96.3 Å². The van der Waals surface area contributed by atoms with Gasteiger partial charge in [0.25, 0.3) is 0 Å². The molecule has 63 heavy (non-hydrogen) atoms. The van der Waals surface area contributed by atoms with Gasteiger partial charge in [-0.2, -0.15) is 0 Å². The Hall–Kier alpha value is -2.63. The molecule has 0 aromatic rings.